The summed E-state index contributed by atoms with van der Waals surface area (Å²) in [5.74, 6) is 0. The molecular weight excluding hydrogens is 236 g/mol. The van der Waals surface area contributed by atoms with Gasteiger partial charge in [-0.15, -0.1) is 0 Å². The number of fused-ring (bicyclic) bond motifs is 2. The zero-order valence-corrected chi connectivity index (χ0v) is 12.8. The van der Waals surface area contributed by atoms with E-state index in [4.69, 9.17) is 5.73 Å². The number of rotatable bonds is 2. The van der Waals surface area contributed by atoms with Crippen molar-refractivity contribution < 1.29 is 0 Å². The molecule has 4 heteroatoms. The van der Waals surface area contributed by atoms with Gasteiger partial charge in [-0.3, -0.25) is 9.80 Å². The standard InChI is InChI=1S/C15H30N4/c1-12-8-15(10-16,11-17(12)2)19-7-6-13-4-5-14(9-19)18(13)3/h12-14H,4-11,16H2,1-3H3. The number of likely N-dealkylation sites (tertiary alicyclic amines) is 2. The third-order valence-electron chi connectivity index (χ3n) is 6.17. The van der Waals surface area contributed by atoms with Gasteiger partial charge in [0.05, 0.1) is 0 Å². The first-order valence-electron chi connectivity index (χ1n) is 7.93. The molecule has 4 atom stereocenters. The Labute approximate surface area is 117 Å². The minimum absolute atomic E-state index is 0.236. The van der Waals surface area contributed by atoms with Crippen molar-refractivity contribution in [3.8, 4) is 0 Å². The molecule has 0 aromatic rings. The summed E-state index contributed by atoms with van der Waals surface area (Å²) in [6, 6.07) is 2.25. The fourth-order valence-corrected chi connectivity index (χ4v) is 4.64. The molecule has 0 spiro atoms. The topological polar surface area (TPSA) is 35.7 Å². The van der Waals surface area contributed by atoms with Gasteiger partial charge in [0, 0.05) is 49.8 Å². The van der Waals surface area contributed by atoms with Crippen molar-refractivity contribution in [2.45, 2.75) is 56.3 Å². The van der Waals surface area contributed by atoms with Crippen LogP contribution in [0.2, 0.25) is 0 Å². The molecule has 3 rings (SSSR count). The average molecular weight is 266 g/mol. The normalized spacial score (nSPS) is 45.8. The molecule has 0 radical (unpaired) electrons. The van der Waals surface area contributed by atoms with Gasteiger partial charge >= 0.3 is 0 Å². The van der Waals surface area contributed by atoms with Crippen LogP contribution in [0.15, 0.2) is 0 Å². The summed E-state index contributed by atoms with van der Waals surface area (Å²) in [6.07, 6.45) is 5.35. The van der Waals surface area contributed by atoms with Crippen molar-refractivity contribution in [1.82, 2.24) is 14.7 Å². The average Bonchev–Trinajstić information content (AvgIpc) is 2.78. The summed E-state index contributed by atoms with van der Waals surface area (Å²) in [4.78, 5) is 7.86. The first kappa shape index (κ1) is 13.8. The Morgan fingerprint density at radius 2 is 1.89 bits per heavy atom. The van der Waals surface area contributed by atoms with Crippen LogP contribution < -0.4 is 5.73 Å². The maximum absolute atomic E-state index is 6.23. The quantitative estimate of drug-likeness (QED) is 0.793. The van der Waals surface area contributed by atoms with E-state index in [2.05, 4.69) is 35.7 Å². The lowest BCUT2D eigenvalue weighted by atomic mass is 9.92. The van der Waals surface area contributed by atoms with E-state index in [9.17, 15) is 0 Å². The van der Waals surface area contributed by atoms with Crippen LogP contribution in [0.25, 0.3) is 0 Å². The fourth-order valence-electron chi connectivity index (χ4n) is 4.64. The van der Waals surface area contributed by atoms with Gasteiger partial charge in [-0.2, -0.15) is 0 Å². The van der Waals surface area contributed by atoms with Crippen molar-refractivity contribution in [1.29, 1.82) is 0 Å². The second kappa shape index (κ2) is 4.99. The van der Waals surface area contributed by atoms with Crippen molar-refractivity contribution >= 4 is 0 Å². The Balaban J connectivity index is 1.77. The Bertz CT molecular complexity index is 322. The maximum atomic E-state index is 6.23. The molecular formula is C15H30N4. The molecule has 3 aliphatic heterocycles. The molecule has 0 aliphatic carbocycles. The first-order valence-corrected chi connectivity index (χ1v) is 7.93. The van der Waals surface area contributed by atoms with Gasteiger partial charge in [0.15, 0.2) is 0 Å². The SMILES string of the molecule is CC1CC(CN)(N2CCC3CCC(C2)N3C)CN1C. The van der Waals surface area contributed by atoms with Gasteiger partial charge < -0.3 is 10.6 Å². The highest BCUT2D eigenvalue weighted by Crippen LogP contribution is 2.36. The summed E-state index contributed by atoms with van der Waals surface area (Å²) >= 11 is 0. The largest absolute Gasteiger partial charge is 0.329 e. The van der Waals surface area contributed by atoms with Gasteiger partial charge in [-0.1, -0.05) is 0 Å². The second-order valence-corrected chi connectivity index (χ2v) is 7.18. The number of hydrogen-bond donors (Lipinski definition) is 1. The molecule has 19 heavy (non-hydrogen) atoms. The number of hydrogen-bond acceptors (Lipinski definition) is 4. The smallest absolute Gasteiger partial charge is 0.0473 e. The van der Waals surface area contributed by atoms with Crippen LogP contribution in [0.1, 0.15) is 32.6 Å². The van der Waals surface area contributed by atoms with E-state index >= 15 is 0 Å². The highest BCUT2D eigenvalue weighted by atomic mass is 15.3. The van der Waals surface area contributed by atoms with Crippen LogP contribution in [0, 0.1) is 0 Å². The van der Waals surface area contributed by atoms with E-state index in [1.54, 1.807) is 0 Å². The van der Waals surface area contributed by atoms with Crippen LogP contribution in [-0.4, -0.2) is 78.6 Å². The van der Waals surface area contributed by atoms with Gasteiger partial charge in [-0.05, 0) is 46.7 Å². The number of likely N-dealkylation sites (N-methyl/N-ethyl adjacent to an activating group) is 2. The molecule has 110 valence electrons. The summed E-state index contributed by atoms with van der Waals surface area (Å²) in [6.45, 7) is 6.76. The molecule has 2 N–H and O–H groups in total. The Kier molecular flexibility index (Phi) is 3.63. The van der Waals surface area contributed by atoms with Crippen LogP contribution in [0.3, 0.4) is 0 Å². The first-order chi connectivity index (χ1) is 9.05. The van der Waals surface area contributed by atoms with E-state index in [1.165, 1.54) is 38.8 Å². The predicted molar refractivity (Wildman–Crippen MR) is 79.3 cm³/mol. The van der Waals surface area contributed by atoms with Crippen LogP contribution in [0.5, 0.6) is 0 Å². The Morgan fingerprint density at radius 1 is 1.16 bits per heavy atom. The number of nitrogens with zero attached hydrogens (tertiary/aromatic N) is 3. The molecule has 3 heterocycles. The zero-order valence-electron chi connectivity index (χ0n) is 12.8. The summed E-state index contributed by atoms with van der Waals surface area (Å²) < 4.78 is 0. The minimum Gasteiger partial charge on any atom is -0.329 e. The monoisotopic (exact) mass is 266 g/mol. The zero-order chi connectivity index (χ0) is 13.6. The summed E-state index contributed by atoms with van der Waals surface area (Å²) in [5.41, 5.74) is 6.46. The van der Waals surface area contributed by atoms with E-state index in [1.807, 2.05) is 0 Å². The Morgan fingerprint density at radius 3 is 2.53 bits per heavy atom. The van der Waals surface area contributed by atoms with Gasteiger partial charge in [-0.25, -0.2) is 0 Å². The maximum Gasteiger partial charge on any atom is 0.0473 e. The molecule has 0 amide bonds. The molecule has 4 unspecified atom stereocenters. The van der Waals surface area contributed by atoms with Crippen molar-refractivity contribution in [3.05, 3.63) is 0 Å². The number of nitrogens with two attached hydrogens (primary N) is 1. The third-order valence-corrected chi connectivity index (χ3v) is 6.17. The van der Waals surface area contributed by atoms with Crippen molar-refractivity contribution in [2.75, 3.05) is 40.3 Å². The van der Waals surface area contributed by atoms with Crippen LogP contribution in [-0.2, 0) is 0 Å². The highest BCUT2D eigenvalue weighted by molar-refractivity contribution is 5.05. The molecule has 0 aromatic heterocycles. The van der Waals surface area contributed by atoms with Crippen molar-refractivity contribution in [2.24, 2.45) is 5.73 Å². The predicted octanol–water partition coefficient (Wildman–Crippen LogP) is 0.576. The van der Waals surface area contributed by atoms with Gasteiger partial charge in [0.25, 0.3) is 0 Å². The van der Waals surface area contributed by atoms with Crippen LogP contribution >= 0.6 is 0 Å². The molecule has 2 bridgehead atoms. The lowest BCUT2D eigenvalue weighted by molar-refractivity contribution is 0.0897. The third kappa shape index (κ3) is 2.23. The molecule has 3 saturated heterocycles. The molecule has 0 aromatic carbocycles. The Hall–Kier alpha value is -0.160. The summed E-state index contributed by atoms with van der Waals surface area (Å²) in [7, 11) is 4.57. The highest BCUT2D eigenvalue weighted by Gasteiger charge is 2.47. The molecule has 4 nitrogen and oxygen atoms in total. The molecule has 3 fully saturated rings. The molecule has 3 aliphatic rings. The van der Waals surface area contributed by atoms with E-state index in [-0.39, 0.29) is 5.54 Å². The van der Waals surface area contributed by atoms with E-state index in [0.717, 1.165) is 25.2 Å². The van der Waals surface area contributed by atoms with E-state index < -0.39 is 0 Å². The van der Waals surface area contributed by atoms with Crippen LogP contribution in [0.4, 0.5) is 0 Å². The van der Waals surface area contributed by atoms with Gasteiger partial charge in [0.2, 0.25) is 0 Å². The van der Waals surface area contributed by atoms with Crippen molar-refractivity contribution in [3.63, 3.8) is 0 Å². The fraction of sp³-hybridized carbons (Fsp3) is 1.00. The van der Waals surface area contributed by atoms with E-state index in [0.29, 0.717) is 6.04 Å². The lowest BCUT2D eigenvalue weighted by Gasteiger charge is -2.41. The molecule has 0 saturated carbocycles. The van der Waals surface area contributed by atoms with Gasteiger partial charge in [0.1, 0.15) is 0 Å². The second-order valence-electron chi connectivity index (χ2n) is 7.18. The summed E-state index contributed by atoms with van der Waals surface area (Å²) in [5, 5.41) is 0. The lowest BCUT2D eigenvalue weighted by Crippen LogP contribution is -2.57. The minimum atomic E-state index is 0.236.